The highest BCUT2D eigenvalue weighted by Crippen LogP contribution is 2.13. The Morgan fingerprint density at radius 2 is 2.26 bits per heavy atom. The summed E-state index contributed by atoms with van der Waals surface area (Å²) in [7, 11) is 0. The van der Waals surface area contributed by atoms with Gasteiger partial charge in [-0.05, 0) is 18.6 Å². The van der Waals surface area contributed by atoms with Gasteiger partial charge in [-0.15, -0.1) is 0 Å². The molecule has 100 valence electrons. The Morgan fingerprint density at radius 3 is 2.89 bits per heavy atom. The maximum Gasteiger partial charge on any atom is 0.335 e. The Kier molecular flexibility index (Phi) is 4.12. The maximum atomic E-state index is 11.1. The summed E-state index contributed by atoms with van der Waals surface area (Å²) in [5, 5.41) is 15.9. The summed E-state index contributed by atoms with van der Waals surface area (Å²) in [6, 6.07) is 4.86. The van der Waals surface area contributed by atoms with Gasteiger partial charge in [0.1, 0.15) is 17.8 Å². The van der Waals surface area contributed by atoms with Gasteiger partial charge in [-0.1, -0.05) is 18.5 Å². The van der Waals surface area contributed by atoms with Crippen molar-refractivity contribution in [2.24, 2.45) is 0 Å². The van der Waals surface area contributed by atoms with E-state index in [4.69, 9.17) is 9.63 Å². The lowest BCUT2D eigenvalue weighted by Crippen LogP contribution is -2.06. The summed E-state index contributed by atoms with van der Waals surface area (Å²) >= 11 is 0. The zero-order valence-electron chi connectivity index (χ0n) is 10.6. The Labute approximate surface area is 110 Å². The van der Waals surface area contributed by atoms with Crippen molar-refractivity contribution in [3.63, 3.8) is 0 Å². The standard InChI is InChI=1S/C13H15N3O3/c1-2-3-10-6-9(13(17)18)7-12(15-10)14-8-11-4-5-19-16-11/h4-7H,2-3,8H2,1H3,(H,14,15)(H,17,18). The van der Waals surface area contributed by atoms with E-state index < -0.39 is 5.97 Å². The molecule has 0 bridgehead atoms. The minimum absolute atomic E-state index is 0.237. The van der Waals surface area contributed by atoms with Gasteiger partial charge in [0, 0.05) is 11.8 Å². The molecule has 0 amide bonds. The number of rotatable bonds is 6. The molecular formula is C13H15N3O3. The van der Waals surface area contributed by atoms with Crippen molar-refractivity contribution in [1.82, 2.24) is 10.1 Å². The highest BCUT2D eigenvalue weighted by Gasteiger charge is 2.08. The molecule has 0 aliphatic heterocycles. The first kappa shape index (κ1) is 13.1. The Morgan fingerprint density at radius 1 is 1.42 bits per heavy atom. The first-order valence-electron chi connectivity index (χ1n) is 6.06. The van der Waals surface area contributed by atoms with Crippen molar-refractivity contribution in [3.8, 4) is 0 Å². The summed E-state index contributed by atoms with van der Waals surface area (Å²) in [6.07, 6.45) is 3.15. The second-order valence-electron chi connectivity index (χ2n) is 4.13. The molecule has 0 aromatic carbocycles. The zero-order valence-corrected chi connectivity index (χ0v) is 10.6. The van der Waals surface area contributed by atoms with E-state index in [0.29, 0.717) is 12.4 Å². The summed E-state index contributed by atoms with van der Waals surface area (Å²) in [5.74, 6) is -0.421. The molecule has 0 radical (unpaired) electrons. The average molecular weight is 261 g/mol. The molecule has 2 aromatic rings. The Bertz CT molecular complexity index is 552. The molecule has 2 aromatic heterocycles. The van der Waals surface area contributed by atoms with Gasteiger partial charge in [-0.3, -0.25) is 0 Å². The quantitative estimate of drug-likeness (QED) is 0.829. The van der Waals surface area contributed by atoms with Crippen molar-refractivity contribution in [3.05, 3.63) is 41.4 Å². The summed E-state index contributed by atoms with van der Waals surface area (Å²) in [4.78, 5) is 15.4. The molecule has 0 atom stereocenters. The fraction of sp³-hybridized carbons (Fsp3) is 0.308. The fourth-order valence-corrected chi connectivity index (χ4v) is 1.70. The van der Waals surface area contributed by atoms with Gasteiger partial charge in [-0.2, -0.15) is 0 Å². The van der Waals surface area contributed by atoms with Crippen molar-refractivity contribution >= 4 is 11.8 Å². The molecule has 0 aliphatic carbocycles. The lowest BCUT2D eigenvalue weighted by molar-refractivity contribution is 0.0696. The third-order valence-corrected chi connectivity index (χ3v) is 2.57. The molecule has 0 saturated heterocycles. The van der Waals surface area contributed by atoms with Crippen LogP contribution in [0.4, 0.5) is 5.82 Å². The third-order valence-electron chi connectivity index (χ3n) is 2.57. The van der Waals surface area contributed by atoms with E-state index in [-0.39, 0.29) is 5.56 Å². The fourth-order valence-electron chi connectivity index (χ4n) is 1.70. The molecule has 0 fully saturated rings. The minimum atomic E-state index is -0.954. The molecule has 0 aliphatic rings. The van der Waals surface area contributed by atoms with E-state index >= 15 is 0 Å². The Balaban J connectivity index is 2.16. The lowest BCUT2D eigenvalue weighted by Gasteiger charge is -2.07. The van der Waals surface area contributed by atoms with E-state index in [1.54, 1.807) is 12.1 Å². The average Bonchev–Trinajstić information content (AvgIpc) is 2.89. The monoisotopic (exact) mass is 261 g/mol. The second kappa shape index (κ2) is 5.99. The Hall–Kier alpha value is -2.37. The normalized spacial score (nSPS) is 10.4. The molecular weight excluding hydrogens is 246 g/mol. The SMILES string of the molecule is CCCc1cc(C(=O)O)cc(NCc2ccon2)n1. The number of nitrogens with one attached hydrogen (secondary N) is 1. The molecule has 2 rings (SSSR count). The smallest absolute Gasteiger partial charge is 0.335 e. The molecule has 19 heavy (non-hydrogen) atoms. The minimum Gasteiger partial charge on any atom is -0.478 e. The van der Waals surface area contributed by atoms with Crippen LogP contribution in [0.15, 0.2) is 29.0 Å². The number of hydrogen-bond acceptors (Lipinski definition) is 5. The van der Waals surface area contributed by atoms with Crippen LogP contribution < -0.4 is 5.32 Å². The predicted octanol–water partition coefficient (Wildman–Crippen LogP) is 2.33. The molecule has 6 nitrogen and oxygen atoms in total. The van der Waals surface area contributed by atoms with Gasteiger partial charge in [-0.25, -0.2) is 9.78 Å². The number of aromatic carboxylic acids is 1. The first-order valence-corrected chi connectivity index (χ1v) is 6.06. The molecule has 6 heteroatoms. The summed E-state index contributed by atoms with van der Waals surface area (Å²) in [5.41, 5.74) is 1.74. The largest absolute Gasteiger partial charge is 0.478 e. The van der Waals surface area contributed by atoms with Crippen LogP contribution in [0.3, 0.4) is 0 Å². The van der Waals surface area contributed by atoms with Gasteiger partial charge in [0.2, 0.25) is 0 Å². The van der Waals surface area contributed by atoms with E-state index in [0.717, 1.165) is 24.2 Å². The van der Waals surface area contributed by atoms with Crippen molar-refractivity contribution in [2.45, 2.75) is 26.3 Å². The second-order valence-corrected chi connectivity index (χ2v) is 4.13. The summed E-state index contributed by atoms with van der Waals surface area (Å²) in [6.45, 7) is 2.47. The molecule has 2 N–H and O–H groups in total. The highest BCUT2D eigenvalue weighted by atomic mass is 16.5. The number of nitrogens with zero attached hydrogens (tertiary/aromatic N) is 2. The predicted molar refractivity (Wildman–Crippen MR) is 69.0 cm³/mol. The topological polar surface area (TPSA) is 88.2 Å². The highest BCUT2D eigenvalue weighted by molar-refractivity contribution is 5.88. The van der Waals surface area contributed by atoms with E-state index in [2.05, 4.69) is 15.5 Å². The van der Waals surface area contributed by atoms with Gasteiger partial charge in [0.05, 0.1) is 12.1 Å². The van der Waals surface area contributed by atoms with E-state index in [9.17, 15) is 4.79 Å². The van der Waals surface area contributed by atoms with Crippen LogP contribution in [-0.4, -0.2) is 21.2 Å². The number of aromatic nitrogens is 2. The van der Waals surface area contributed by atoms with Crippen molar-refractivity contribution < 1.29 is 14.4 Å². The maximum absolute atomic E-state index is 11.1. The number of carboxylic acid groups (broad SMARTS) is 1. The number of pyridine rings is 1. The third kappa shape index (κ3) is 3.54. The number of carboxylic acids is 1. The van der Waals surface area contributed by atoms with Crippen LogP contribution in [0.25, 0.3) is 0 Å². The zero-order chi connectivity index (χ0) is 13.7. The van der Waals surface area contributed by atoms with Crippen LogP contribution in [0.2, 0.25) is 0 Å². The molecule has 0 unspecified atom stereocenters. The van der Waals surface area contributed by atoms with E-state index in [1.807, 2.05) is 6.92 Å². The number of anilines is 1. The van der Waals surface area contributed by atoms with Gasteiger partial charge >= 0.3 is 5.97 Å². The molecule has 0 spiro atoms. The van der Waals surface area contributed by atoms with Crippen LogP contribution in [-0.2, 0) is 13.0 Å². The van der Waals surface area contributed by atoms with Crippen molar-refractivity contribution in [1.29, 1.82) is 0 Å². The van der Waals surface area contributed by atoms with Crippen LogP contribution in [0, 0.1) is 0 Å². The van der Waals surface area contributed by atoms with Gasteiger partial charge in [0.25, 0.3) is 0 Å². The molecule has 2 heterocycles. The van der Waals surface area contributed by atoms with Crippen molar-refractivity contribution in [2.75, 3.05) is 5.32 Å². The van der Waals surface area contributed by atoms with E-state index in [1.165, 1.54) is 12.3 Å². The van der Waals surface area contributed by atoms with Crippen LogP contribution in [0.5, 0.6) is 0 Å². The van der Waals surface area contributed by atoms with Gasteiger partial charge < -0.3 is 14.9 Å². The summed E-state index contributed by atoms with van der Waals surface area (Å²) < 4.78 is 4.72. The van der Waals surface area contributed by atoms with Gasteiger partial charge in [0.15, 0.2) is 0 Å². The van der Waals surface area contributed by atoms with Crippen LogP contribution >= 0.6 is 0 Å². The first-order chi connectivity index (χ1) is 9.19. The number of carbonyl (C=O) groups is 1. The van der Waals surface area contributed by atoms with Crippen LogP contribution in [0.1, 0.15) is 35.1 Å². The number of hydrogen-bond donors (Lipinski definition) is 2. The molecule has 0 saturated carbocycles. The lowest BCUT2D eigenvalue weighted by atomic mass is 10.1. The number of aryl methyl sites for hydroxylation is 1.